The second kappa shape index (κ2) is 5.48. The standard InChI is InChI=1S/C15H16BrNO2S/c16-11-5-6-20-13(11)14(18)15(8-17)7-10-3-1-2-4-12(10)19-9-15/h1-6,14,18H,7-9,17H2. The van der Waals surface area contributed by atoms with Gasteiger partial charge in [-0.2, -0.15) is 0 Å². The van der Waals surface area contributed by atoms with E-state index in [4.69, 9.17) is 10.5 Å². The molecule has 2 heterocycles. The third-order valence-corrected chi connectivity index (χ3v) is 5.83. The van der Waals surface area contributed by atoms with Crippen LogP contribution >= 0.6 is 27.3 Å². The Morgan fingerprint density at radius 1 is 1.40 bits per heavy atom. The van der Waals surface area contributed by atoms with Crippen LogP contribution in [0.4, 0.5) is 0 Å². The summed E-state index contributed by atoms with van der Waals surface area (Å²) >= 11 is 5.03. The number of benzene rings is 1. The molecule has 0 aliphatic carbocycles. The minimum Gasteiger partial charge on any atom is -0.493 e. The highest BCUT2D eigenvalue weighted by Gasteiger charge is 2.43. The fraction of sp³-hybridized carbons (Fsp3) is 0.333. The zero-order chi connectivity index (χ0) is 14.2. The average Bonchev–Trinajstić information content (AvgIpc) is 2.92. The third kappa shape index (κ3) is 2.29. The van der Waals surface area contributed by atoms with Gasteiger partial charge in [0.1, 0.15) is 5.75 Å². The molecule has 3 N–H and O–H groups in total. The number of aliphatic hydroxyl groups is 1. The highest BCUT2D eigenvalue weighted by Crippen LogP contribution is 2.45. The predicted octanol–water partition coefficient (Wildman–Crippen LogP) is 3.12. The van der Waals surface area contributed by atoms with Crippen LogP contribution in [0.2, 0.25) is 0 Å². The Labute approximate surface area is 130 Å². The summed E-state index contributed by atoms with van der Waals surface area (Å²) in [5.74, 6) is 0.897. The van der Waals surface area contributed by atoms with Crippen LogP contribution in [0, 0.1) is 5.41 Å². The lowest BCUT2D eigenvalue weighted by Crippen LogP contribution is -2.45. The molecule has 5 heteroatoms. The van der Waals surface area contributed by atoms with Gasteiger partial charge in [0.2, 0.25) is 0 Å². The zero-order valence-corrected chi connectivity index (χ0v) is 13.3. The highest BCUT2D eigenvalue weighted by atomic mass is 79.9. The van der Waals surface area contributed by atoms with Crippen molar-refractivity contribution in [3.05, 3.63) is 50.6 Å². The van der Waals surface area contributed by atoms with E-state index in [1.165, 1.54) is 11.3 Å². The molecule has 2 unspecified atom stereocenters. The molecular formula is C15H16BrNO2S. The molecule has 0 saturated carbocycles. The maximum Gasteiger partial charge on any atom is 0.122 e. The fourth-order valence-corrected chi connectivity index (χ4v) is 4.35. The third-order valence-electron chi connectivity index (χ3n) is 3.91. The Bertz CT molecular complexity index is 615. The fourth-order valence-electron chi connectivity index (χ4n) is 2.64. The smallest absolute Gasteiger partial charge is 0.122 e. The van der Waals surface area contributed by atoms with Crippen LogP contribution in [-0.4, -0.2) is 18.3 Å². The molecule has 1 aliphatic heterocycles. The van der Waals surface area contributed by atoms with E-state index >= 15 is 0 Å². The molecule has 1 aromatic heterocycles. The van der Waals surface area contributed by atoms with Crippen molar-refractivity contribution in [2.24, 2.45) is 11.1 Å². The van der Waals surface area contributed by atoms with Gasteiger partial charge in [0.05, 0.1) is 18.1 Å². The lowest BCUT2D eigenvalue weighted by molar-refractivity contribution is -0.0144. The second-order valence-corrected chi connectivity index (χ2v) is 6.98. The van der Waals surface area contributed by atoms with Crippen LogP contribution in [0.15, 0.2) is 40.2 Å². The zero-order valence-electron chi connectivity index (χ0n) is 10.9. The number of hydrogen-bond acceptors (Lipinski definition) is 4. The first-order valence-corrected chi connectivity index (χ1v) is 8.15. The molecule has 106 valence electrons. The van der Waals surface area contributed by atoms with Crippen LogP contribution in [0.25, 0.3) is 0 Å². The highest BCUT2D eigenvalue weighted by molar-refractivity contribution is 9.10. The molecule has 0 saturated heterocycles. The SMILES string of the molecule is NCC1(C(O)c2sccc2Br)COc2ccccc2C1. The van der Waals surface area contributed by atoms with Crippen molar-refractivity contribution in [2.75, 3.05) is 13.2 Å². The molecule has 0 fully saturated rings. The Morgan fingerprint density at radius 2 is 2.20 bits per heavy atom. The molecule has 0 radical (unpaired) electrons. The van der Waals surface area contributed by atoms with Crippen LogP contribution in [0.5, 0.6) is 5.75 Å². The number of halogens is 1. The lowest BCUT2D eigenvalue weighted by atomic mass is 9.75. The van der Waals surface area contributed by atoms with Crippen molar-refractivity contribution < 1.29 is 9.84 Å². The van der Waals surface area contributed by atoms with Crippen LogP contribution in [-0.2, 0) is 6.42 Å². The Balaban J connectivity index is 1.96. The van der Waals surface area contributed by atoms with Crippen LogP contribution in [0.1, 0.15) is 16.5 Å². The molecule has 2 aromatic rings. The molecule has 0 amide bonds. The second-order valence-electron chi connectivity index (χ2n) is 5.17. The Morgan fingerprint density at radius 3 is 2.90 bits per heavy atom. The van der Waals surface area contributed by atoms with Gasteiger partial charge in [-0.25, -0.2) is 0 Å². The lowest BCUT2D eigenvalue weighted by Gasteiger charge is -2.40. The summed E-state index contributed by atoms with van der Waals surface area (Å²) < 4.78 is 6.77. The summed E-state index contributed by atoms with van der Waals surface area (Å²) in [6.07, 6.45) is 0.0979. The number of nitrogens with two attached hydrogens (primary N) is 1. The number of thiophene rings is 1. The summed E-state index contributed by atoms with van der Waals surface area (Å²) in [5.41, 5.74) is 6.64. The summed E-state index contributed by atoms with van der Waals surface area (Å²) in [4.78, 5) is 0.915. The first-order chi connectivity index (χ1) is 9.66. The molecule has 0 bridgehead atoms. The van der Waals surface area contributed by atoms with Crippen molar-refractivity contribution in [1.82, 2.24) is 0 Å². The van der Waals surface area contributed by atoms with Crippen LogP contribution < -0.4 is 10.5 Å². The molecule has 1 aliphatic rings. The van der Waals surface area contributed by atoms with Crippen molar-refractivity contribution in [2.45, 2.75) is 12.5 Å². The molecule has 3 rings (SSSR count). The number of aliphatic hydroxyl groups excluding tert-OH is 1. The van der Waals surface area contributed by atoms with Crippen molar-refractivity contribution in [3.63, 3.8) is 0 Å². The average molecular weight is 354 g/mol. The van der Waals surface area contributed by atoms with Gasteiger partial charge in [-0.05, 0) is 45.4 Å². The van der Waals surface area contributed by atoms with Gasteiger partial charge < -0.3 is 15.6 Å². The van der Waals surface area contributed by atoms with Gasteiger partial charge in [-0.3, -0.25) is 0 Å². The molecular weight excluding hydrogens is 338 g/mol. The maximum absolute atomic E-state index is 10.8. The van der Waals surface area contributed by atoms with Gasteiger partial charge >= 0.3 is 0 Å². The monoisotopic (exact) mass is 353 g/mol. The first kappa shape index (κ1) is 14.1. The number of fused-ring (bicyclic) bond motifs is 1. The number of ether oxygens (including phenoxy) is 1. The van der Waals surface area contributed by atoms with Gasteiger partial charge in [-0.1, -0.05) is 18.2 Å². The normalized spacial score (nSPS) is 22.9. The first-order valence-electron chi connectivity index (χ1n) is 6.48. The van der Waals surface area contributed by atoms with E-state index in [9.17, 15) is 5.11 Å². The Kier molecular flexibility index (Phi) is 3.86. The molecule has 20 heavy (non-hydrogen) atoms. The Hall–Kier alpha value is -0.880. The van der Waals surface area contributed by atoms with Gasteiger partial charge in [0, 0.05) is 15.9 Å². The minimum atomic E-state index is -0.629. The predicted molar refractivity (Wildman–Crippen MR) is 84.1 cm³/mol. The van der Waals surface area contributed by atoms with E-state index in [1.807, 2.05) is 35.7 Å². The van der Waals surface area contributed by atoms with E-state index in [2.05, 4.69) is 15.9 Å². The summed E-state index contributed by atoms with van der Waals surface area (Å²) in [7, 11) is 0. The van der Waals surface area contributed by atoms with E-state index in [0.29, 0.717) is 13.2 Å². The van der Waals surface area contributed by atoms with Gasteiger partial charge in [0.25, 0.3) is 0 Å². The number of para-hydroxylation sites is 1. The minimum absolute atomic E-state index is 0.382. The quantitative estimate of drug-likeness (QED) is 0.891. The molecule has 1 aromatic carbocycles. The van der Waals surface area contributed by atoms with E-state index in [0.717, 1.165) is 27.1 Å². The van der Waals surface area contributed by atoms with E-state index < -0.39 is 11.5 Å². The summed E-state index contributed by atoms with van der Waals surface area (Å²) in [6.45, 7) is 0.818. The van der Waals surface area contributed by atoms with Crippen molar-refractivity contribution >= 4 is 27.3 Å². The topological polar surface area (TPSA) is 55.5 Å². The van der Waals surface area contributed by atoms with Gasteiger partial charge in [-0.15, -0.1) is 11.3 Å². The summed E-state index contributed by atoms with van der Waals surface area (Å²) in [5, 5.41) is 12.8. The number of hydrogen-bond donors (Lipinski definition) is 2. The molecule has 3 nitrogen and oxygen atoms in total. The van der Waals surface area contributed by atoms with Crippen molar-refractivity contribution in [1.29, 1.82) is 0 Å². The molecule has 0 spiro atoms. The maximum atomic E-state index is 10.8. The van der Waals surface area contributed by atoms with Crippen molar-refractivity contribution in [3.8, 4) is 5.75 Å². The summed E-state index contributed by atoms with van der Waals surface area (Å²) in [6, 6.07) is 9.90. The van der Waals surface area contributed by atoms with Gasteiger partial charge in [0.15, 0.2) is 0 Å². The van der Waals surface area contributed by atoms with E-state index in [-0.39, 0.29) is 0 Å². The number of rotatable bonds is 3. The van der Waals surface area contributed by atoms with Crippen LogP contribution in [0.3, 0.4) is 0 Å². The van der Waals surface area contributed by atoms with E-state index in [1.54, 1.807) is 0 Å². The largest absolute Gasteiger partial charge is 0.493 e. The molecule has 2 atom stereocenters.